The number of ether oxygens (including phenoxy) is 2. The lowest BCUT2D eigenvalue weighted by molar-refractivity contribution is -0.142. The van der Waals surface area contributed by atoms with E-state index in [0.29, 0.717) is 0 Å². The number of hydrogen-bond donors (Lipinski definition) is 0. The van der Waals surface area contributed by atoms with E-state index in [1.165, 1.54) is 0 Å². The molecule has 0 aromatic rings. The molecule has 0 radical (unpaired) electrons. The first-order chi connectivity index (χ1) is 8.08. The van der Waals surface area contributed by atoms with Crippen molar-refractivity contribution in [2.45, 2.75) is 40.5 Å². The third kappa shape index (κ3) is 4.95. The van der Waals surface area contributed by atoms with Crippen LogP contribution in [-0.2, 0) is 9.47 Å². The Morgan fingerprint density at radius 3 is 2.59 bits per heavy atom. The summed E-state index contributed by atoms with van der Waals surface area (Å²) in [6, 6.07) is 0. The van der Waals surface area contributed by atoms with Gasteiger partial charge in [0.25, 0.3) is 0 Å². The van der Waals surface area contributed by atoms with Crippen LogP contribution in [0.1, 0.15) is 40.5 Å². The van der Waals surface area contributed by atoms with E-state index >= 15 is 0 Å². The van der Waals surface area contributed by atoms with Crippen LogP contribution < -0.4 is 0 Å². The quantitative estimate of drug-likeness (QED) is 0.494. The number of hydrogen-bond acceptors (Lipinski definition) is 2. The molecule has 17 heavy (non-hydrogen) atoms. The van der Waals surface area contributed by atoms with Gasteiger partial charge in [-0.25, -0.2) is 0 Å². The van der Waals surface area contributed by atoms with Crippen LogP contribution in [0.15, 0.2) is 24.0 Å². The van der Waals surface area contributed by atoms with Crippen molar-refractivity contribution in [2.75, 3.05) is 19.8 Å². The molecular weight excluding hydrogens is 212 g/mol. The van der Waals surface area contributed by atoms with E-state index in [1.54, 1.807) is 0 Å². The Kier molecular flexibility index (Phi) is 5.76. The Hall–Kier alpha value is -0.760. The molecule has 0 aromatic carbocycles. The van der Waals surface area contributed by atoms with Crippen LogP contribution in [0.3, 0.4) is 0 Å². The zero-order valence-electron chi connectivity index (χ0n) is 11.7. The maximum Gasteiger partial charge on any atom is 0.0977 e. The fraction of sp³-hybridized carbons (Fsp3) is 0.733. The molecular formula is C15H26O2. The molecule has 0 unspecified atom stereocenters. The zero-order valence-corrected chi connectivity index (χ0v) is 11.7. The molecule has 0 aliphatic carbocycles. The fourth-order valence-electron chi connectivity index (χ4n) is 1.65. The van der Waals surface area contributed by atoms with E-state index in [-0.39, 0.29) is 5.41 Å². The summed E-state index contributed by atoms with van der Waals surface area (Å²) in [7, 11) is 0. The van der Waals surface area contributed by atoms with Gasteiger partial charge in [-0.1, -0.05) is 32.9 Å². The van der Waals surface area contributed by atoms with Crippen molar-refractivity contribution in [3.05, 3.63) is 24.0 Å². The van der Waals surface area contributed by atoms with Gasteiger partial charge in [0.2, 0.25) is 0 Å². The maximum absolute atomic E-state index is 5.78. The normalized spacial score (nSPS) is 19.7. The van der Waals surface area contributed by atoms with Crippen molar-refractivity contribution in [1.82, 2.24) is 0 Å². The topological polar surface area (TPSA) is 18.5 Å². The molecule has 98 valence electrons. The van der Waals surface area contributed by atoms with E-state index in [4.69, 9.17) is 9.47 Å². The Bertz CT molecular complexity index is 267. The predicted octanol–water partition coefficient (Wildman–Crippen LogP) is 3.94. The molecule has 0 N–H and O–H groups in total. The van der Waals surface area contributed by atoms with Crippen LogP contribution >= 0.6 is 0 Å². The molecule has 1 aliphatic heterocycles. The highest BCUT2D eigenvalue weighted by molar-refractivity contribution is 5.06. The number of allylic oxidation sites excluding steroid dienone is 4. The van der Waals surface area contributed by atoms with Crippen molar-refractivity contribution in [3.8, 4) is 0 Å². The highest BCUT2D eigenvalue weighted by atomic mass is 16.5. The van der Waals surface area contributed by atoms with Gasteiger partial charge in [0.1, 0.15) is 0 Å². The van der Waals surface area contributed by atoms with Crippen LogP contribution in [-0.4, -0.2) is 19.8 Å². The third-order valence-electron chi connectivity index (χ3n) is 3.25. The molecule has 1 rings (SSSR count). The van der Waals surface area contributed by atoms with Crippen LogP contribution in [0.2, 0.25) is 0 Å². The minimum Gasteiger partial charge on any atom is -0.497 e. The Balaban J connectivity index is 2.26. The molecule has 0 saturated carbocycles. The Labute approximate surface area is 106 Å². The van der Waals surface area contributed by atoms with Crippen molar-refractivity contribution in [1.29, 1.82) is 0 Å². The van der Waals surface area contributed by atoms with E-state index < -0.39 is 0 Å². The summed E-state index contributed by atoms with van der Waals surface area (Å²) in [6.45, 7) is 11.1. The molecule has 2 nitrogen and oxygen atoms in total. The first kappa shape index (κ1) is 14.3. The highest BCUT2D eigenvalue weighted by Gasteiger charge is 2.37. The van der Waals surface area contributed by atoms with Gasteiger partial charge in [-0.15, -0.1) is 0 Å². The summed E-state index contributed by atoms with van der Waals surface area (Å²) in [5.74, 6) is 1.71. The summed E-state index contributed by atoms with van der Waals surface area (Å²) >= 11 is 0. The molecule has 0 atom stereocenters. The predicted molar refractivity (Wildman–Crippen MR) is 71.8 cm³/mol. The van der Waals surface area contributed by atoms with Crippen LogP contribution in [0, 0.1) is 11.3 Å². The molecule has 1 heterocycles. The minimum atomic E-state index is 0.275. The van der Waals surface area contributed by atoms with Crippen LogP contribution in [0.4, 0.5) is 0 Å². The lowest BCUT2D eigenvalue weighted by Crippen LogP contribution is -2.45. The van der Waals surface area contributed by atoms with Gasteiger partial charge in [-0.3, -0.25) is 0 Å². The van der Waals surface area contributed by atoms with E-state index in [0.717, 1.165) is 44.3 Å². The lowest BCUT2D eigenvalue weighted by Gasteiger charge is -2.40. The maximum atomic E-state index is 5.78. The second-order valence-electron chi connectivity index (χ2n) is 5.47. The second-order valence-corrected chi connectivity index (χ2v) is 5.47. The average molecular weight is 238 g/mol. The summed E-state index contributed by atoms with van der Waals surface area (Å²) in [5.41, 5.74) is 0.275. The van der Waals surface area contributed by atoms with Crippen molar-refractivity contribution in [3.63, 3.8) is 0 Å². The third-order valence-corrected chi connectivity index (χ3v) is 3.25. The van der Waals surface area contributed by atoms with E-state index in [1.807, 2.05) is 13.0 Å². The fourth-order valence-corrected chi connectivity index (χ4v) is 1.65. The summed E-state index contributed by atoms with van der Waals surface area (Å²) < 4.78 is 11.0. The zero-order chi connectivity index (χ0) is 12.7. The van der Waals surface area contributed by atoms with Crippen molar-refractivity contribution < 1.29 is 9.47 Å². The molecule has 1 saturated heterocycles. The molecule has 0 bridgehead atoms. The van der Waals surface area contributed by atoms with Gasteiger partial charge >= 0.3 is 0 Å². The van der Waals surface area contributed by atoms with Gasteiger partial charge in [-0.2, -0.15) is 0 Å². The van der Waals surface area contributed by atoms with Crippen molar-refractivity contribution >= 4 is 0 Å². The Morgan fingerprint density at radius 1 is 1.41 bits per heavy atom. The lowest BCUT2D eigenvalue weighted by atomic mass is 9.84. The monoisotopic (exact) mass is 238 g/mol. The molecule has 0 amide bonds. The number of rotatable bonds is 7. The molecule has 0 spiro atoms. The largest absolute Gasteiger partial charge is 0.497 e. The van der Waals surface area contributed by atoms with Gasteiger partial charge in [-0.05, 0) is 31.8 Å². The van der Waals surface area contributed by atoms with Crippen LogP contribution in [0.5, 0.6) is 0 Å². The van der Waals surface area contributed by atoms with Gasteiger partial charge in [0.15, 0.2) is 0 Å². The van der Waals surface area contributed by atoms with Gasteiger partial charge in [0, 0.05) is 0 Å². The van der Waals surface area contributed by atoms with Crippen LogP contribution in [0.25, 0.3) is 0 Å². The summed E-state index contributed by atoms with van der Waals surface area (Å²) in [4.78, 5) is 0. The second kappa shape index (κ2) is 6.85. The smallest absolute Gasteiger partial charge is 0.0977 e. The molecule has 1 aliphatic rings. The first-order valence-electron chi connectivity index (χ1n) is 6.62. The SMILES string of the molecule is CCC1(CO/C(C)=C/C=C\CC(C)C)COC1. The standard InChI is InChI=1S/C15H26O2/c1-5-15(10-16-11-15)12-17-14(4)9-7-6-8-13(2)3/h6-7,9,13H,5,8,10-12H2,1-4H3/b7-6-,14-9+. The average Bonchev–Trinajstić information content (AvgIpc) is 2.23. The van der Waals surface area contributed by atoms with E-state index in [9.17, 15) is 0 Å². The first-order valence-corrected chi connectivity index (χ1v) is 6.62. The van der Waals surface area contributed by atoms with Crippen molar-refractivity contribution in [2.24, 2.45) is 11.3 Å². The molecule has 0 aromatic heterocycles. The van der Waals surface area contributed by atoms with Gasteiger partial charge in [0.05, 0.1) is 31.0 Å². The summed E-state index contributed by atoms with van der Waals surface area (Å²) in [6.07, 6.45) is 8.58. The Morgan fingerprint density at radius 2 is 2.12 bits per heavy atom. The minimum absolute atomic E-state index is 0.275. The highest BCUT2D eigenvalue weighted by Crippen LogP contribution is 2.31. The summed E-state index contributed by atoms with van der Waals surface area (Å²) in [5, 5.41) is 0. The van der Waals surface area contributed by atoms with Gasteiger partial charge < -0.3 is 9.47 Å². The molecule has 2 heteroatoms. The van der Waals surface area contributed by atoms with E-state index in [2.05, 4.69) is 32.9 Å². The molecule has 1 fully saturated rings.